The Balaban J connectivity index is 2.21. The monoisotopic (exact) mass is 263 g/mol. The van der Waals surface area contributed by atoms with Crippen LogP contribution in [0.1, 0.15) is 24.8 Å². The van der Waals surface area contributed by atoms with E-state index in [0.29, 0.717) is 6.42 Å². The first-order chi connectivity index (χ1) is 9.01. The molecule has 1 fully saturated rings. The van der Waals surface area contributed by atoms with Gasteiger partial charge in [-0.3, -0.25) is 4.79 Å². The van der Waals surface area contributed by atoms with Gasteiger partial charge in [0.1, 0.15) is 11.6 Å². The fourth-order valence-electron chi connectivity index (χ4n) is 2.27. The molecule has 1 aliphatic carbocycles. The van der Waals surface area contributed by atoms with E-state index < -0.39 is 23.5 Å². The number of aliphatic hydroxyl groups excluding tert-OH is 1. The summed E-state index contributed by atoms with van der Waals surface area (Å²) in [4.78, 5) is 23.5. The zero-order valence-corrected chi connectivity index (χ0v) is 10.9. The van der Waals surface area contributed by atoms with E-state index in [2.05, 4.69) is 5.32 Å². The van der Waals surface area contributed by atoms with Crippen molar-refractivity contribution in [3.05, 3.63) is 35.9 Å². The van der Waals surface area contributed by atoms with Gasteiger partial charge in [-0.25, -0.2) is 4.79 Å². The molecule has 0 spiro atoms. The van der Waals surface area contributed by atoms with E-state index in [1.165, 1.54) is 14.0 Å². The summed E-state index contributed by atoms with van der Waals surface area (Å²) in [5.41, 5.74) is -0.0664. The quantitative estimate of drug-likeness (QED) is 0.779. The van der Waals surface area contributed by atoms with Gasteiger partial charge < -0.3 is 15.2 Å². The Morgan fingerprint density at radius 2 is 2.05 bits per heavy atom. The van der Waals surface area contributed by atoms with Crippen molar-refractivity contribution < 1.29 is 19.4 Å². The van der Waals surface area contributed by atoms with Gasteiger partial charge in [0, 0.05) is 5.92 Å². The Labute approximate surface area is 111 Å². The van der Waals surface area contributed by atoms with E-state index in [9.17, 15) is 14.7 Å². The fourth-order valence-corrected chi connectivity index (χ4v) is 2.27. The van der Waals surface area contributed by atoms with Crippen LogP contribution in [0.3, 0.4) is 0 Å². The fraction of sp³-hybridized carbons (Fsp3) is 0.429. The van der Waals surface area contributed by atoms with Gasteiger partial charge in [0.05, 0.1) is 7.11 Å². The summed E-state index contributed by atoms with van der Waals surface area (Å²) in [6.45, 7) is 1.36. The minimum atomic E-state index is -1.15. The van der Waals surface area contributed by atoms with Crippen LogP contribution in [0.5, 0.6) is 0 Å². The van der Waals surface area contributed by atoms with E-state index in [4.69, 9.17) is 4.74 Å². The second-order valence-electron chi connectivity index (χ2n) is 4.80. The number of amides is 1. The van der Waals surface area contributed by atoms with Crippen molar-refractivity contribution in [3.8, 4) is 0 Å². The summed E-state index contributed by atoms with van der Waals surface area (Å²) in [7, 11) is 1.29. The van der Waals surface area contributed by atoms with Crippen LogP contribution in [-0.2, 0) is 14.3 Å². The largest absolute Gasteiger partial charge is 0.467 e. The SMILES string of the molecule is COC(=O)[C@@]1(NC(=O)[C@H](C)O)C[C@@H]1c1ccccc1. The van der Waals surface area contributed by atoms with Gasteiger partial charge in [0.2, 0.25) is 5.91 Å². The maximum atomic E-state index is 11.9. The molecule has 3 atom stereocenters. The summed E-state index contributed by atoms with van der Waals surface area (Å²) in [5.74, 6) is -1.15. The molecule has 0 aliphatic heterocycles. The van der Waals surface area contributed by atoms with Crippen LogP contribution in [-0.4, -0.2) is 35.7 Å². The second-order valence-corrected chi connectivity index (χ2v) is 4.80. The van der Waals surface area contributed by atoms with E-state index in [1.54, 1.807) is 0 Å². The highest BCUT2D eigenvalue weighted by Crippen LogP contribution is 2.52. The van der Waals surface area contributed by atoms with Crippen LogP contribution >= 0.6 is 0 Å². The average molecular weight is 263 g/mol. The number of benzene rings is 1. The third-order valence-electron chi connectivity index (χ3n) is 3.44. The zero-order valence-electron chi connectivity index (χ0n) is 10.9. The standard InChI is InChI=1S/C14H17NO4/c1-9(16)12(17)15-14(13(18)19-2)8-11(14)10-6-4-3-5-7-10/h3-7,9,11,16H,8H2,1-2H3,(H,15,17)/t9-,11+,14+/m0/s1. The van der Waals surface area contributed by atoms with Gasteiger partial charge >= 0.3 is 5.97 Å². The van der Waals surface area contributed by atoms with Gasteiger partial charge in [0.15, 0.2) is 0 Å². The Morgan fingerprint density at radius 3 is 2.58 bits per heavy atom. The Kier molecular flexibility index (Phi) is 3.57. The van der Waals surface area contributed by atoms with Gasteiger partial charge in [0.25, 0.3) is 0 Å². The molecular formula is C14H17NO4. The molecule has 0 aromatic heterocycles. The number of hydrogen-bond acceptors (Lipinski definition) is 4. The van der Waals surface area contributed by atoms with Gasteiger partial charge in [-0.05, 0) is 18.9 Å². The topological polar surface area (TPSA) is 75.6 Å². The Hall–Kier alpha value is -1.88. The van der Waals surface area contributed by atoms with Crippen molar-refractivity contribution in [2.75, 3.05) is 7.11 Å². The van der Waals surface area contributed by atoms with Crippen LogP contribution in [0.25, 0.3) is 0 Å². The lowest BCUT2D eigenvalue weighted by Crippen LogP contribution is -2.48. The number of hydrogen-bond donors (Lipinski definition) is 2. The third kappa shape index (κ3) is 2.46. The number of rotatable bonds is 4. The highest BCUT2D eigenvalue weighted by Gasteiger charge is 2.63. The van der Waals surface area contributed by atoms with Gasteiger partial charge in [-0.2, -0.15) is 0 Å². The zero-order chi connectivity index (χ0) is 14.0. The lowest BCUT2D eigenvalue weighted by Gasteiger charge is -2.18. The first-order valence-electron chi connectivity index (χ1n) is 6.14. The molecule has 2 N–H and O–H groups in total. The lowest BCUT2D eigenvalue weighted by molar-refractivity contribution is -0.147. The molecule has 0 heterocycles. The second kappa shape index (κ2) is 5.01. The molecule has 19 heavy (non-hydrogen) atoms. The molecule has 5 nitrogen and oxygen atoms in total. The maximum absolute atomic E-state index is 11.9. The third-order valence-corrected chi connectivity index (χ3v) is 3.44. The molecule has 102 valence electrons. The minimum absolute atomic E-state index is 0.108. The normalized spacial score (nSPS) is 26.4. The average Bonchev–Trinajstić information content (AvgIpc) is 3.14. The predicted octanol–water partition coefficient (Wildman–Crippen LogP) is 0.583. The number of esters is 1. The van der Waals surface area contributed by atoms with E-state index in [1.807, 2.05) is 30.3 Å². The van der Waals surface area contributed by atoms with Crippen molar-refractivity contribution in [1.29, 1.82) is 0 Å². The van der Waals surface area contributed by atoms with Crippen LogP contribution in [0.4, 0.5) is 0 Å². The van der Waals surface area contributed by atoms with Crippen LogP contribution in [0.2, 0.25) is 0 Å². The van der Waals surface area contributed by atoms with E-state index in [-0.39, 0.29) is 5.92 Å². The number of ether oxygens (including phenoxy) is 1. The van der Waals surface area contributed by atoms with E-state index in [0.717, 1.165) is 5.56 Å². The Bertz CT molecular complexity index is 485. The molecule has 0 unspecified atom stereocenters. The summed E-state index contributed by atoms with van der Waals surface area (Å²) < 4.78 is 4.77. The molecule has 1 amide bonds. The predicted molar refractivity (Wildman–Crippen MR) is 68.4 cm³/mol. The first kappa shape index (κ1) is 13.5. The molecule has 1 saturated carbocycles. The molecule has 0 bridgehead atoms. The highest BCUT2D eigenvalue weighted by molar-refractivity contribution is 5.93. The van der Waals surface area contributed by atoms with Gasteiger partial charge in [-0.1, -0.05) is 30.3 Å². The van der Waals surface area contributed by atoms with E-state index >= 15 is 0 Å². The number of nitrogens with one attached hydrogen (secondary N) is 1. The van der Waals surface area contributed by atoms with Crippen molar-refractivity contribution in [2.45, 2.75) is 30.9 Å². The summed E-state index contributed by atoms with van der Waals surface area (Å²) in [6, 6.07) is 9.46. The summed E-state index contributed by atoms with van der Waals surface area (Å²) in [5, 5.41) is 11.9. The first-order valence-corrected chi connectivity index (χ1v) is 6.14. The molecule has 1 aliphatic rings. The highest BCUT2D eigenvalue weighted by atomic mass is 16.5. The lowest BCUT2D eigenvalue weighted by atomic mass is 10.1. The van der Waals surface area contributed by atoms with Crippen molar-refractivity contribution >= 4 is 11.9 Å². The molecular weight excluding hydrogens is 246 g/mol. The Morgan fingerprint density at radius 1 is 1.42 bits per heavy atom. The number of methoxy groups -OCH3 is 1. The molecule has 2 rings (SSSR count). The summed E-state index contributed by atoms with van der Waals surface area (Å²) >= 11 is 0. The smallest absolute Gasteiger partial charge is 0.332 e. The molecule has 1 aromatic carbocycles. The molecule has 0 radical (unpaired) electrons. The maximum Gasteiger partial charge on any atom is 0.332 e. The molecule has 5 heteroatoms. The minimum Gasteiger partial charge on any atom is -0.467 e. The van der Waals surface area contributed by atoms with Crippen molar-refractivity contribution in [3.63, 3.8) is 0 Å². The van der Waals surface area contributed by atoms with Crippen LogP contribution in [0.15, 0.2) is 30.3 Å². The molecule has 0 saturated heterocycles. The van der Waals surface area contributed by atoms with Gasteiger partial charge in [-0.15, -0.1) is 0 Å². The molecule has 1 aromatic rings. The van der Waals surface area contributed by atoms with Crippen LogP contribution in [0, 0.1) is 0 Å². The number of carbonyl (C=O) groups is 2. The number of aliphatic hydroxyl groups is 1. The van der Waals surface area contributed by atoms with Crippen molar-refractivity contribution in [2.24, 2.45) is 0 Å². The van der Waals surface area contributed by atoms with Crippen molar-refractivity contribution in [1.82, 2.24) is 5.32 Å². The summed E-state index contributed by atoms with van der Waals surface area (Å²) in [6.07, 6.45) is -0.666. The number of carbonyl (C=O) groups excluding carboxylic acids is 2. The van der Waals surface area contributed by atoms with Crippen LogP contribution < -0.4 is 5.32 Å².